The molecule has 2 atom stereocenters. The number of hydrogen-bond donors (Lipinski definition) is 0. The fourth-order valence-electron chi connectivity index (χ4n) is 1.48. The van der Waals surface area contributed by atoms with Gasteiger partial charge in [0.1, 0.15) is 6.29 Å². The predicted octanol–water partition coefficient (Wildman–Crippen LogP) is 2.97. The minimum Gasteiger partial charge on any atom is -0.302 e. The molecule has 0 aliphatic heterocycles. The molecule has 0 N–H and O–H groups in total. The van der Waals surface area contributed by atoms with Crippen LogP contribution >= 0.6 is 0 Å². The van der Waals surface area contributed by atoms with Crippen molar-refractivity contribution in [1.29, 1.82) is 0 Å². The molecule has 0 heterocycles. The predicted molar refractivity (Wildman–Crippen MR) is 59.2 cm³/mol. The van der Waals surface area contributed by atoms with Crippen LogP contribution in [0.15, 0.2) is 43.0 Å². The normalized spacial score (nSPS) is 16.7. The Bertz CT molecular complexity index is 315. The van der Waals surface area contributed by atoms with E-state index in [-0.39, 0.29) is 5.92 Å². The van der Waals surface area contributed by atoms with Gasteiger partial charge in [-0.05, 0) is 18.4 Å². The van der Waals surface area contributed by atoms with E-state index in [4.69, 9.17) is 0 Å². The van der Waals surface area contributed by atoms with Gasteiger partial charge in [-0.25, -0.2) is 0 Å². The highest BCUT2D eigenvalue weighted by molar-refractivity contribution is 5.69. The number of carbonyl (C=O) groups excluding carboxylic acids is 1. The average Bonchev–Trinajstić information content (AvgIpc) is 2.28. The Balaban J connectivity index is 3.14. The molecular weight excluding hydrogens is 172 g/mol. The van der Waals surface area contributed by atoms with E-state index >= 15 is 0 Å². The molecule has 0 radical (unpaired) electrons. The molecule has 0 aromatic heterocycles. The zero-order valence-electron chi connectivity index (χ0n) is 8.73. The Morgan fingerprint density at radius 3 is 2.36 bits per heavy atom. The fraction of sp³-hybridized carbons (Fsp3) is 0.308. The van der Waals surface area contributed by atoms with Crippen LogP contribution in [-0.4, -0.2) is 6.29 Å². The van der Waals surface area contributed by atoms with Gasteiger partial charge in [-0.1, -0.05) is 43.3 Å². The molecule has 0 spiro atoms. The first-order valence-corrected chi connectivity index (χ1v) is 4.79. The number of hydrogen-bond acceptors (Lipinski definition) is 1. The maximum Gasteiger partial charge on any atom is 0.130 e. The summed E-state index contributed by atoms with van der Waals surface area (Å²) in [4.78, 5) is 11.2. The van der Waals surface area contributed by atoms with E-state index < -0.39 is 5.41 Å². The Morgan fingerprint density at radius 2 is 1.93 bits per heavy atom. The highest BCUT2D eigenvalue weighted by Crippen LogP contribution is 2.30. The molecule has 74 valence electrons. The number of aldehydes is 1. The lowest BCUT2D eigenvalue weighted by molar-refractivity contribution is -0.113. The van der Waals surface area contributed by atoms with Gasteiger partial charge >= 0.3 is 0 Å². The average molecular weight is 188 g/mol. The Labute approximate surface area is 85.5 Å². The first-order chi connectivity index (χ1) is 6.65. The monoisotopic (exact) mass is 188 g/mol. The molecule has 1 rings (SSSR count). The van der Waals surface area contributed by atoms with Crippen LogP contribution in [0.1, 0.15) is 19.4 Å². The highest BCUT2D eigenvalue weighted by atomic mass is 16.1. The van der Waals surface area contributed by atoms with E-state index in [1.54, 1.807) is 0 Å². The summed E-state index contributed by atoms with van der Waals surface area (Å²) in [6.07, 6.45) is 2.83. The maximum atomic E-state index is 11.2. The molecule has 1 aromatic carbocycles. The second-order valence-electron chi connectivity index (χ2n) is 3.79. The zero-order valence-corrected chi connectivity index (χ0v) is 8.73. The van der Waals surface area contributed by atoms with E-state index in [1.165, 1.54) is 0 Å². The summed E-state index contributed by atoms with van der Waals surface area (Å²) in [7, 11) is 0. The summed E-state index contributed by atoms with van der Waals surface area (Å²) in [6.45, 7) is 7.70. The SMILES string of the molecule is C=CC(C)C(C)(C=O)c1ccccc1. The van der Waals surface area contributed by atoms with Crippen molar-refractivity contribution >= 4 is 6.29 Å². The van der Waals surface area contributed by atoms with Gasteiger partial charge in [-0.3, -0.25) is 0 Å². The molecule has 0 saturated carbocycles. The van der Waals surface area contributed by atoms with Crippen LogP contribution in [0.3, 0.4) is 0 Å². The minimum atomic E-state index is -0.455. The smallest absolute Gasteiger partial charge is 0.130 e. The van der Waals surface area contributed by atoms with Gasteiger partial charge in [-0.2, -0.15) is 0 Å². The van der Waals surface area contributed by atoms with Crippen molar-refractivity contribution in [3.8, 4) is 0 Å². The van der Waals surface area contributed by atoms with Gasteiger partial charge in [0, 0.05) is 0 Å². The lowest BCUT2D eigenvalue weighted by atomic mass is 9.74. The molecule has 1 heteroatoms. The van der Waals surface area contributed by atoms with Crippen LogP contribution in [-0.2, 0) is 10.2 Å². The quantitative estimate of drug-likeness (QED) is 0.524. The van der Waals surface area contributed by atoms with Crippen molar-refractivity contribution < 1.29 is 4.79 Å². The lowest BCUT2D eigenvalue weighted by Crippen LogP contribution is -2.30. The van der Waals surface area contributed by atoms with Gasteiger partial charge in [0.2, 0.25) is 0 Å². The Kier molecular flexibility index (Phi) is 3.23. The van der Waals surface area contributed by atoms with Crippen molar-refractivity contribution in [2.24, 2.45) is 5.92 Å². The molecule has 0 bridgehead atoms. The first kappa shape index (κ1) is 10.7. The van der Waals surface area contributed by atoms with Crippen LogP contribution in [0.4, 0.5) is 0 Å². The number of benzene rings is 1. The summed E-state index contributed by atoms with van der Waals surface area (Å²) in [5.41, 5.74) is 0.589. The summed E-state index contributed by atoms with van der Waals surface area (Å²) in [6, 6.07) is 9.82. The Hall–Kier alpha value is -1.37. The third-order valence-corrected chi connectivity index (χ3v) is 2.94. The summed E-state index contributed by atoms with van der Waals surface area (Å²) >= 11 is 0. The third kappa shape index (κ3) is 1.77. The molecule has 1 nitrogen and oxygen atoms in total. The third-order valence-electron chi connectivity index (χ3n) is 2.94. The summed E-state index contributed by atoms with van der Waals surface area (Å²) < 4.78 is 0. The van der Waals surface area contributed by atoms with Crippen LogP contribution in [0, 0.1) is 5.92 Å². The van der Waals surface area contributed by atoms with Gasteiger partial charge in [0.05, 0.1) is 5.41 Å². The van der Waals surface area contributed by atoms with E-state index in [0.717, 1.165) is 11.8 Å². The lowest BCUT2D eigenvalue weighted by Gasteiger charge is -2.28. The highest BCUT2D eigenvalue weighted by Gasteiger charge is 2.30. The topological polar surface area (TPSA) is 17.1 Å². The van der Waals surface area contributed by atoms with Gasteiger partial charge < -0.3 is 4.79 Å². The van der Waals surface area contributed by atoms with E-state index in [1.807, 2.05) is 50.3 Å². The van der Waals surface area contributed by atoms with Crippen molar-refractivity contribution in [3.05, 3.63) is 48.6 Å². The molecule has 14 heavy (non-hydrogen) atoms. The van der Waals surface area contributed by atoms with Crippen molar-refractivity contribution in [3.63, 3.8) is 0 Å². The largest absolute Gasteiger partial charge is 0.302 e. The fourth-order valence-corrected chi connectivity index (χ4v) is 1.48. The maximum absolute atomic E-state index is 11.2. The van der Waals surface area contributed by atoms with E-state index in [0.29, 0.717) is 0 Å². The van der Waals surface area contributed by atoms with Crippen LogP contribution in [0.2, 0.25) is 0 Å². The van der Waals surface area contributed by atoms with E-state index in [2.05, 4.69) is 6.58 Å². The summed E-state index contributed by atoms with van der Waals surface area (Å²) in [5.74, 6) is 0.141. The van der Waals surface area contributed by atoms with Gasteiger partial charge in [0.25, 0.3) is 0 Å². The number of carbonyl (C=O) groups is 1. The zero-order chi connectivity index (χ0) is 10.6. The molecule has 2 unspecified atom stereocenters. The van der Waals surface area contributed by atoms with Crippen molar-refractivity contribution in [1.82, 2.24) is 0 Å². The van der Waals surface area contributed by atoms with Gasteiger partial charge in [-0.15, -0.1) is 6.58 Å². The number of rotatable bonds is 4. The first-order valence-electron chi connectivity index (χ1n) is 4.79. The molecule has 0 aliphatic rings. The second kappa shape index (κ2) is 4.23. The minimum absolute atomic E-state index is 0.141. The number of allylic oxidation sites excluding steroid dienone is 1. The molecule has 1 aromatic rings. The molecule has 0 saturated heterocycles. The van der Waals surface area contributed by atoms with Gasteiger partial charge in [0.15, 0.2) is 0 Å². The Morgan fingerprint density at radius 1 is 1.36 bits per heavy atom. The van der Waals surface area contributed by atoms with Crippen molar-refractivity contribution in [2.45, 2.75) is 19.3 Å². The molecule has 0 fully saturated rings. The van der Waals surface area contributed by atoms with E-state index in [9.17, 15) is 4.79 Å². The standard InChI is InChI=1S/C13H16O/c1-4-11(2)13(3,10-14)12-8-6-5-7-9-12/h4-11H,1H2,2-3H3. The second-order valence-corrected chi connectivity index (χ2v) is 3.79. The molecule has 0 amide bonds. The van der Waals surface area contributed by atoms with Crippen LogP contribution in [0.5, 0.6) is 0 Å². The molecular formula is C13H16O. The molecule has 0 aliphatic carbocycles. The van der Waals surface area contributed by atoms with Crippen molar-refractivity contribution in [2.75, 3.05) is 0 Å². The summed E-state index contributed by atoms with van der Waals surface area (Å²) in [5, 5.41) is 0. The van der Waals surface area contributed by atoms with Crippen LogP contribution < -0.4 is 0 Å². The van der Waals surface area contributed by atoms with Crippen LogP contribution in [0.25, 0.3) is 0 Å².